The minimum Gasteiger partial charge on any atom is -0.375 e. The van der Waals surface area contributed by atoms with E-state index in [1.165, 1.54) is 13.2 Å². The molecule has 2 amide bonds. The molecule has 136 valence electrons. The van der Waals surface area contributed by atoms with Crippen molar-refractivity contribution in [2.75, 3.05) is 24.4 Å². The minimum atomic E-state index is -0.787. The zero-order valence-corrected chi connectivity index (χ0v) is 14.8. The van der Waals surface area contributed by atoms with Crippen molar-refractivity contribution < 1.29 is 18.7 Å². The molecule has 1 aliphatic carbocycles. The van der Waals surface area contributed by atoms with Gasteiger partial charge in [-0.15, -0.1) is 0 Å². The van der Waals surface area contributed by atoms with E-state index in [0.717, 1.165) is 5.56 Å². The van der Waals surface area contributed by atoms with E-state index in [1.807, 2.05) is 6.92 Å². The molecule has 0 atom stereocenters. The third-order valence-corrected chi connectivity index (χ3v) is 4.61. The van der Waals surface area contributed by atoms with Gasteiger partial charge in [0.2, 0.25) is 11.8 Å². The maximum Gasteiger partial charge on any atom is 0.250 e. The standard InChI is InChI=1S/C20H21FN2O3/c1-13-11-14(7-8-17(13)23-18(24)12-26-2)22-19(25)20(9-10-20)15-5-3-4-6-16(15)21/h3-8,11H,9-10,12H2,1-2H3,(H,22,25)(H,23,24). The van der Waals surface area contributed by atoms with Gasteiger partial charge in [-0.3, -0.25) is 9.59 Å². The molecule has 5 nitrogen and oxygen atoms in total. The molecule has 1 fully saturated rings. The summed E-state index contributed by atoms with van der Waals surface area (Å²) in [5.41, 5.74) is 1.73. The Balaban J connectivity index is 1.73. The summed E-state index contributed by atoms with van der Waals surface area (Å²) in [4.78, 5) is 24.4. The van der Waals surface area contributed by atoms with Crippen LogP contribution in [0.15, 0.2) is 42.5 Å². The number of methoxy groups -OCH3 is 1. The first-order chi connectivity index (χ1) is 12.5. The smallest absolute Gasteiger partial charge is 0.250 e. The summed E-state index contributed by atoms with van der Waals surface area (Å²) in [5, 5.41) is 5.62. The predicted molar refractivity (Wildman–Crippen MR) is 97.6 cm³/mol. The van der Waals surface area contributed by atoms with Crippen LogP contribution < -0.4 is 10.6 Å². The summed E-state index contributed by atoms with van der Waals surface area (Å²) in [6.07, 6.45) is 1.26. The largest absolute Gasteiger partial charge is 0.375 e. The van der Waals surface area contributed by atoms with E-state index in [1.54, 1.807) is 36.4 Å². The van der Waals surface area contributed by atoms with Gasteiger partial charge >= 0.3 is 0 Å². The second kappa shape index (κ2) is 7.25. The van der Waals surface area contributed by atoms with Crippen molar-refractivity contribution in [1.29, 1.82) is 0 Å². The van der Waals surface area contributed by atoms with Crippen LogP contribution in [0.2, 0.25) is 0 Å². The van der Waals surface area contributed by atoms with E-state index < -0.39 is 5.41 Å². The second-order valence-electron chi connectivity index (χ2n) is 6.53. The summed E-state index contributed by atoms with van der Waals surface area (Å²) >= 11 is 0. The third-order valence-electron chi connectivity index (χ3n) is 4.61. The van der Waals surface area contributed by atoms with Gasteiger partial charge in [0.1, 0.15) is 12.4 Å². The van der Waals surface area contributed by atoms with E-state index in [0.29, 0.717) is 29.8 Å². The van der Waals surface area contributed by atoms with Crippen molar-refractivity contribution in [3.05, 3.63) is 59.4 Å². The molecule has 0 radical (unpaired) electrons. The highest BCUT2D eigenvalue weighted by atomic mass is 19.1. The number of anilines is 2. The zero-order chi connectivity index (χ0) is 18.7. The van der Waals surface area contributed by atoms with Gasteiger partial charge in [0.05, 0.1) is 5.41 Å². The van der Waals surface area contributed by atoms with Crippen molar-refractivity contribution in [3.8, 4) is 0 Å². The molecule has 0 heterocycles. The number of rotatable bonds is 6. The van der Waals surface area contributed by atoms with E-state index in [2.05, 4.69) is 10.6 Å². The average Bonchev–Trinajstić information content (AvgIpc) is 3.40. The number of carbonyl (C=O) groups excluding carboxylic acids is 2. The number of benzene rings is 2. The molecule has 1 aliphatic rings. The molecule has 0 bridgehead atoms. The molecular formula is C20H21FN2O3. The van der Waals surface area contributed by atoms with Gasteiger partial charge < -0.3 is 15.4 Å². The van der Waals surface area contributed by atoms with Crippen molar-refractivity contribution >= 4 is 23.2 Å². The summed E-state index contributed by atoms with van der Waals surface area (Å²) < 4.78 is 18.9. The maximum absolute atomic E-state index is 14.1. The van der Waals surface area contributed by atoms with Crippen LogP contribution in [0.4, 0.5) is 15.8 Å². The summed E-state index contributed by atoms with van der Waals surface area (Å²) in [6, 6.07) is 11.6. The molecule has 0 saturated heterocycles. The molecule has 0 spiro atoms. The van der Waals surface area contributed by atoms with Gasteiger partial charge in [-0.2, -0.15) is 0 Å². The summed E-state index contributed by atoms with van der Waals surface area (Å²) in [5.74, 6) is -0.811. The van der Waals surface area contributed by atoms with Gasteiger partial charge in [0.15, 0.2) is 0 Å². The van der Waals surface area contributed by atoms with E-state index >= 15 is 0 Å². The molecule has 6 heteroatoms. The number of halogens is 1. The van der Waals surface area contributed by atoms with Crippen LogP contribution in [-0.2, 0) is 19.7 Å². The highest BCUT2D eigenvalue weighted by Crippen LogP contribution is 2.49. The van der Waals surface area contributed by atoms with Crippen molar-refractivity contribution in [1.82, 2.24) is 0 Å². The monoisotopic (exact) mass is 356 g/mol. The van der Waals surface area contributed by atoms with Crippen molar-refractivity contribution in [2.45, 2.75) is 25.2 Å². The SMILES string of the molecule is COCC(=O)Nc1ccc(NC(=O)C2(c3ccccc3F)CC2)cc1C. The minimum absolute atomic E-state index is 0.0247. The number of hydrogen-bond donors (Lipinski definition) is 2. The van der Waals surface area contributed by atoms with Gasteiger partial charge in [-0.25, -0.2) is 4.39 Å². The number of ether oxygens (including phenoxy) is 1. The molecule has 0 unspecified atom stereocenters. The maximum atomic E-state index is 14.1. The Morgan fingerprint density at radius 1 is 1.15 bits per heavy atom. The van der Waals surface area contributed by atoms with Crippen molar-refractivity contribution in [2.24, 2.45) is 0 Å². The molecule has 0 aromatic heterocycles. The molecule has 3 rings (SSSR count). The number of carbonyl (C=O) groups is 2. The molecule has 0 aliphatic heterocycles. The summed E-state index contributed by atoms with van der Waals surface area (Å²) in [7, 11) is 1.45. The Morgan fingerprint density at radius 2 is 1.88 bits per heavy atom. The van der Waals surface area contributed by atoms with Gasteiger partial charge in [-0.1, -0.05) is 18.2 Å². The first-order valence-corrected chi connectivity index (χ1v) is 8.42. The third kappa shape index (κ3) is 3.60. The zero-order valence-electron chi connectivity index (χ0n) is 14.8. The van der Waals surface area contributed by atoms with E-state index in [-0.39, 0.29) is 24.2 Å². The number of hydrogen-bond acceptors (Lipinski definition) is 3. The van der Waals surface area contributed by atoms with Crippen LogP contribution in [0.3, 0.4) is 0 Å². The lowest BCUT2D eigenvalue weighted by atomic mass is 9.94. The lowest BCUT2D eigenvalue weighted by Gasteiger charge is -2.17. The number of amides is 2. The molecule has 2 aromatic carbocycles. The van der Waals surface area contributed by atoms with Gasteiger partial charge in [-0.05, 0) is 49.6 Å². The highest BCUT2D eigenvalue weighted by molar-refractivity contribution is 6.02. The Bertz CT molecular complexity index is 847. The fraction of sp³-hybridized carbons (Fsp3) is 0.300. The van der Waals surface area contributed by atoms with Crippen LogP contribution >= 0.6 is 0 Å². The Morgan fingerprint density at radius 3 is 2.50 bits per heavy atom. The van der Waals surface area contributed by atoms with Crippen LogP contribution in [0.5, 0.6) is 0 Å². The molecule has 2 aromatic rings. The van der Waals surface area contributed by atoms with E-state index in [9.17, 15) is 14.0 Å². The van der Waals surface area contributed by atoms with Crippen LogP contribution in [0, 0.1) is 12.7 Å². The first kappa shape index (κ1) is 18.1. The normalized spacial score (nSPS) is 14.6. The van der Waals surface area contributed by atoms with Crippen LogP contribution in [-0.4, -0.2) is 25.5 Å². The fourth-order valence-electron chi connectivity index (χ4n) is 3.04. The first-order valence-electron chi connectivity index (χ1n) is 8.42. The second-order valence-corrected chi connectivity index (χ2v) is 6.53. The lowest BCUT2D eigenvalue weighted by Crippen LogP contribution is -2.28. The highest BCUT2D eigenvalue weighted by Gasteiger charge is 2.52. The molecular weight excluding hydrogens is 335 g/mol. The average molecular weight is 356 g/mol. The number of aryl methyl sites for hydroxylation is 1. The van der Waals surface area contributed by atoms with Crippen molar-refractivity contribution in [3.63, 3.8) is 0 Å². The van der Waals surface area contributed by atoms with Gasteiger partial charge in [0.25, 0.3) is 0 Å². The predicted octanol–water partition coefficient (Wildman–Crippen LogP) is 3.39. The van der Waals surface area contributed by atoms with E-state index in [4.69, 9.17) is 4.74 Å². The molecule has 2 N–H and O–H groups in total. The Hall–Kier alpha value is -2.73. The Labute approximate surface area is 151 Å². The fourth-order valence-corrected chi connectivity index (χ4v) is 3.04. The quantitative estimate of drug-likeness (QED) is 0.834. The lowest BCUT2D eigenvalue weighted by molar-refractivity contribution is -0.120. The number of nitrogens with one attached hydrogen (secondary N) is 2. The molecule has 26 heavy (non-hydrogen) atoms. The van der Waals surface area contributed by atoms with Crippen LogP contribution in [0.25, 0.3) is 0 Å². The van der Waals surface area contributed by atoms with Gasteiger partial charge in [0, 0.05) is 24.0 Å². The topological polar surface area (TPSA) is 67.4 Å². The summed E-state index contributed by atoms with van der Waals surface area (Å²) in [6.45, 7) is 1.81. The molecule has 1 saturated carbocycles. The Kier molecular flexibility index (Phi) is 5.04. The van der Waals surface area contributed by atoms with Crippen LogP contribution in [0.1, 0.15) is 24.0 Å².